The molecule has 2 rings (SSSR count). The summed E-state index contributed by atoms with van der Waals surface area (Å²) < 4.78 is 0. The van der Waals surface area contributed by atoms with Gasteiger partial charge in [-0.25, -0.2) is 9.86 Å². The molecule has 1 aliphatic rings. The van der Waals surface area contributed by atoms with E-state index in [0.29, 0.717) is 16.0 Å². The number of carbonyl (C=O) groups excluding carboxylic acids is 1. The number of hydrogen-bond donors (Lipinski definition) is 2. The second-order valence-electron chi connectivity index (χ2n) is 4.06. The normalized spacial score (nSPS) is 23.6. The molecule has 1 aromatic carbocycles. The lowest BCUT2D eigenvalue weighted by Gasteiger charge is -2.39. The molecule has 4 nitrogen and oxygen atoms in total. The van der Waals surface area contributed by atoms with Crippen LogP contribution in [0.4, 0.5) is 4.79 Å². The van der Waals surface area contributed by atoms with E-state index in [1.165, 1.54) is 5.56 Å². The molecule has 0 bridgehead atoms. The summed E-state index contributed by atoms with van der Waals surface area (Å²) in [5, 5.41) is 10.6. The quantitative estimate of drug-likeness (QED) is 0.616. The first-order valence-corrected chi connectivity index (χ1v) is 5.48. The number of amides is 2. The third kappa shape index (κ3) is 2.13. The highest BCUT2D eigenvalue weighted by Gasteiger charge is 2.35. The number of carbonyl (C=O) groups is 1. The Morgan fingerprint density at radius 1 is 1.38 bits per heavy atom. The number of benzene rings is 1. The summed E-state index contributed by atoms with van der Waals surface area (Å²) in [7, 11) is 0. The molecule has 0 unspecified atom stereocenters. The molecule has 3 N–H and O–H groups in total. The van der Waals surface area contributed by atoms with Gasteiger partial charge in [-0.15, -0.1) is 0 Å². The average Bonchev–Trinajstić information content (AvgIpc) is 2.18. The first-order valence-electron chi connectivity index (χ1n) is 5.11. The summed E-state index contributed by atoms with van der Waals surface area (Å²) in [5.41, 5.74) is 6.15. The highest BCUT2D eigenvalue weighted by Crippen LogP contribution is 2.39. The Kier molecular flexibility index (Phi) is 3.03. The van der Waals surface area contributed by atoms with Gasteiger partial charge in [-0.1, -0.05) is 23.7 Å². The zero-order valence-electron chi connectivity index (χ0n) is 8.64. The number of hydroxylamine groups is 2. The number of urea groups is 1. The van der Waals surface area contributed by atoms with E-state index >= 15 is 0 Å². The van der Waals surface area contributed by atoms with Gasteiger partial charge in [0.1, 0.15) is 0 Å². The zero-order chi connectivity index (χ0) is 11.7. The van der Waals surface area contributed by atoms with Crippen LogP contribution >= 0.6 is 11.6 Å². The molecule has 16 heavy (non-hydrogen) atoms. The van der Waals surface area contributed by atoms with Crippen LogP contribution in [0.25, 0.3) is 0 Å². The fourth-order valence-corrected chi connectivity index (χ4v) is 2.10. The first kappa shape index (κ1) is 11.2. The fraction of sp³-hybridized carbons (Fsp3) is 0.364. The monoisotopic (exact) mass is 240 g/mol. The zero-order valence-corrected chi connectivity index (χ0v) is 9.39. The van der Waals surface area contributed by atoms with Gasteiger partial charge in [0.2, 0.25) is 0 Å². The first-order chi connectivity index (χ1) is 7.58. The van der Waals surface area contributed by atoms with Crippen LogP contribution in [0.2, 0.25) is 5.02 Å². The lowest BCUT2D eigenvalue weighted by Crippen LogP contribution is -2.47. The molecule has 0 aromatic heterocycles. The molecule has 2 amide bonds. The van der Waals surface area contributed by atoms with Gasteiger partial charge in [0.15, 0.2) is 0 Å². The summed E-state index contributed by atoms with van der Waals surface area (Å²) in [6.45, 7) is 0. The minimum Gasteiger partial charge on any atom is -0.350 e. The van der Waals surface area contributed by atoms with Crippen LogP contribution in [0.5, 0.6) is 0 Å². The highest BCUT2D eigenvalue weighted by atomic mass is 35.5. The summed E-state index contributed by atoms with van der Waals surface area (Å²) in [6.07, 6.45) is 1.47. The number of rotatable bonds is 2. The number of primary amides is 1. The predicted molar refractivity (Wildman–Crippen MR) is 60.4 cm³/mol. The third-order valence-corrected chi connectivity index (χ3v) is 3.28. The maximum Gasteiger partial charge on any atom is 0.338 e. The van der Waals surface area contributed by atoms with E-state index in [9.17, 15) is 10.0 Å². The summed E-state index contributed by atoms with van der Waals surface area (Å²) in [6, 6.07) is 6.67. The molecule has 0 spiro atoms. The molecule has 1 saturated carbocycles. The van der Waals surface area contributed by atoms with Crippen molar-refractivity contribution in [2.75, 3.05) is 0 Å². The molecule has 1 aliphatic carbocycles. The molecule has 0 radical (unpaired) electrons. The van der Waals surface area contributed by atoms with Gasteiger partial charge in [0.05, 0.1) is 6.04 Å². The maximum absolute atomic E-state index is 10.7. The van der Waals surface area contributed by atoms with Gasteiger partial charge in [-0.2, -0.15) is 0 Å². The summed E-state index contributed by atoms with van der Waals surface area (Å²) in [4.78, 5) is 10.7. The van der Waals surface area contributed by atoms with E-state index in [0.717, 1.165) is 12.8 Å². The van der Waals surface area contributed by atoms with E-state index in [-0.39, 0.29) is 6.04 Å². The average molecular weight is 241 g/mol. The van der Waals surface area contributed by atoms with Crippen molar-refractivity contribution in [3.8, 4) is 0 Å². The number of nitrogens with zero attached hydrogens (tertiary/aromatic N) is 1. The molecular weight excluding hydrogens is 228 g/mol. The van der Waals surface area contributed by atoms with Crippen molar-refractivity contribution in [2.45, 2.75) is 24.8 Å². The Hall–Kier alpha value is -1.26. The minimum atomic E-state index is -0.792. The van der Waals surface area contributed by atoms with Gasteiger partial charge in [0.25, 0.3) is 0 Å². The highest BCUT2D eigenvalue weighted by molar-refractivity contribution is 6.30. The topological polar surface area (TPSA) is 66.6 Å². The van der Waals surface area contributed by atoms with Crippen molar-refractivity contribution in [2.24, 2.45) is 5.73 Å². The standard InChI is InChI=1S/C11H13ClN2O2/c12-9-3-1-7(2-4-9)8-5-10(6-8)14(16)11(13)15/h1-4,8,10,16H,5-6H2,(H2,13,15)/t8-,10-. The van der Waals surface area contributed by atoms with Crippen LogP contribution in [-0.4, -0.2) is 22.3 Å². The Morgan fingerprint density at radius 2 is 1.94 bits per heavy atom. The van der Waals surface area contributed by atoms with E-state index in [1.807, 2.05) is 24.3 Å². The third-order valence-electron chi connectivity index (χ3n) is 3.03. The van der Waals surface area contributed by atoms with Crippen molar-refractivity contribution >= 4 is 17.6 Å². The van der Waals surface area contributed by atoms with Crippen LogP contribution in [-0.2, 0) is 0 Å². The lowest BCUT2D eigenvalue weighted by molar-refractivity contribution is -0.102. The minimum absolute atomic E-state index is 0.154. The molecule has 86 valence electrons. The van der Waals surface area contributed by atoms with E-state index in [1.54, 1.807) is 0 Å². The second kappa shape index (κ2) is 4.31. The predicted octanol–water partition coefficient (Wildman–Crippen LogP) is 2.36. The van der Waals surface area contributed by atoms with Crippen LogP contribution in [0.15, 0.2) is 24.3 Å². The molecule has 1 aromatic rings. The molecule has 1 fully saturated rings. The molecule has 5 heteroatoms. The van der Waals surface area contributed by atoms with Crippen LogP contribution in [0.3, 0.4) is 0 Å². The maximum atomic E-state index is 10.7. The molecule has 0 atom stereocenters. The van der Waals surface area contributed by atoms with Crippen molar-refractivity contribution in [3.63, 3.8) is 0 Å². The van der Waals surface area contributed by atoms with Gasteiger partial charge < -0.3 is 5.73 Å². The number of nitrogens with two attached hydrogens (primary N) is 1. The van der Waals surface area contributed by atoms with Crippen molar-refractivity contribution in [1.29, 1.82) is 0 Å². The number of hydrogen-bond acceptors (Lipinski definition) is 2. The largest absolute Gasteiger partial charge is 0.350 e. The van der Waals surface area contributed by atoms with Crippen molar-refractivity contribution in [3.05, 3.63) is 34.9 Å². The Morgan fingerprint density at radius 3 is 2.44 bits per heavy atom. The van der Waals surface area contributed by atoms with Gasteiger partial charge in [-0.05, 0) is 36.5 Å². The smallest absolute Gasteiger partial charge is 0.338 e. The van der Waals surface area contributed by atoms with Crippen LogP contribution in [0.1, 0.15) is 24.3 Å². The van der Waals surface area contributed by atoms with E-state index in [2.05, 4.69) is 0 Å². The van der Waals surface area contributed by atoms with E-state index in [4.69, 9.17) is 17.3 Å². The van der Waals surface area contributed by atoms with E-state index < -0.39 is 6.03 Å². The summed E-state index contributed by atoms with van der Waals surface area (Å²) >= 11 is 5.79. The second-order valence-corrected chi connectivity index (χ2v) is 4.49. The van der Waals surface area contributed by atoms with Crippen molar-refractivity contribution in [1.82, 2.24) is 5.06 Å². The lowest BCUT2D eigenvalue weighted by atomic mass is 9.76. The molecule has 0 heterocycles. The van der Waals surface area contributed by atoms with Crippen molar-refractivity contribution < 1.29 is 10.0 Å². The van der Waals surface area contributed by atoms with Gasteiger partial charge in [-0.3, -0.25) is 5.21 Å². The van der Waals surface area contributed by atoms with Gasteiger partial charge >= 0.3 is 6.03 Å². The SMILES string of the molecule is NC(=O)N(O)[C@H]1C[C@H](c2ccc(Cl)cc2)C1. The number of halogens is 1. The molecule has 0 aliphatic heterocycles. The molecular formula is C11H13ClN2O2. The Labute approximate surface area is 98.6 Å². The van der Waals surface area contributed by atoms with Crippen LogP contribution < -0.4 is 5.73 Å². The van der Waals surface area contributed by atoms with Gasteiger partial charge in [0, 0.05) is 5.02 Å². The Balaban J connectivity index is 1.93. The molecule has 0 saturated heterocycles. The summed E-state index contributed by atoms with van der Waals surface area (Å²) in [5.74, 6) is 0.372. The Bertz CT molecular complexity index is 387. The van der Waals surface area contributed by atoms with Crippen LogP contribution in [0, 0.1) is 0 Å². The fourth-order valence-electron chi connectivity index (χ4n) is 1.97.